The van der Waals surface area contributed by atoms with Crippen molar-refractivity contribution >= 4 is 11.6 Å². The van der Waals surface area contributed by atoms with Crippen LogP contribution in [0.4, 0.5) is 5.69 Å². The third kappa shape index (κ3) is 2.19. The number of rotatable bonds is 2. The molecule has 24 heavy (non-hydrogen) atoms. The standard InChI is InChI=1S/C20H19N3O/c1-21-18-11-7-6-10-17(18)20(24)22(2)19(21)15-12-13-23(14-15)16-8-4-3-5-9-16/h3-14,19H,1-2H3/t19-/m1/s1. The first-order valence-electron chi connectivity index (χ1n) is 7.99. The SMILES string of the molecule is CN1C(=O)c2ccccc2N(C)[C@H]1c1ccn(-c2ccccc2)c1. The van der Waals surface area contributed by atoms with Gasteiger partial charge in [0, 0.05) is 37.7 Å². The van der Waals surface area contributed by atoms with Gasteiger partial charge < -0.3 is 14.4 Å². The second kappa shape index (κ2) is 5.57. The molecule has 2 aromatic carbocycles. The Kier molecular flexibility index (Phi) is 3.38. The predicted octanol–water partition coefficient (Wildman–Crippen LogP) is 3.70. The summed E-state index contributed by atoms with van der Waals surface area (Å²) in [5.41, 5.74) is 3.92. The van der Waals surface area contributed by atoms with Crippen molar-refractivity contribution < 1.29 is 4.79 Å². The van der Waals surface area contributed by atoms with Crippen molar-refractivity contribution in [2.75, 3.05) is 19.0 Å². The van der Waals surface area contributed by atoms with E-state index in [0.717, 1.165) is 22.5 Å². The highest BCUT2D eigenvalue weighted by Gasteiger charge is 2.34. The molecule has 0 N–H and O–H groups in total. The first-order chi connectivity index (χ1) is 11.7. The average molecular weight is 317 g/mol. The fourth-order valence-corrected chi connectivity index (χ4v) is 3.43. The van der Waals surface area contributed by atoms with E-state index in [1.54, 1.807) is 4.90 Å². The molecule has 120 valence electrons. The average Bonchev–Trinajstić information content (AvgIpc) is 3.10. The van der Waals surface area contributed by atoms with Crippen molar-refractivity contribution in [3.8, 4) is 5.69 Å². The smallest absolute Gasteiger partial charge is 0.257 e. The Labute approximate surface area is 141 Å². The van der Waals surface area contributed by atoms with Crippen molar-refractivity contribution in [2.45, 2.75) is 6.17 Å². The first kappa shape index (κ1) is 14.6. The Balaban J connectivity index is 1.75. The number of hydrogen-bond donors (Lipinski definition) is 0. The Morgan fingerprint density at radius 3 is 2.33 bits per heavy atom. The van der Waals surface area contributed by atoms with Gasteiger partial charge in [-0.3, -0.25) is 4.79 Å². The number of amides is 1. The van der Waals surface area contributed by atoms with Gasteiger partial charge in [0.25, 0.3) is 5.91 Å². The molecule has 0 bridgehead atoms. The summed E-state index contributed by atoms with van der Waals surface area (Å²) < 4.78 is 2.09. The van der Waals surface area contributed by atoms with E-state index in [-0.39, 0.29) is 12.1 Å². The molecule has 0 saturated heterocycles. The number of nitrogens with zero attached hydrogens (tertiary/aromatic N) is 3. The predicted molar refractivity (Wildman–Crippen MR) is 95.4 cm³/mol. The van der Waals surface area contributed by atoms with Gasteiger partial charge in [-0.1, -0.05) is 30.3 Å². The van der Waals surface area contributed by atoms with E-state index in [0.29, 0.717) is 0 Å². The molecule has 1 amide bonds. The monoisotopic (exact) mass is 317 g/mol. The van der Waals surface area contributed by atoms with E-state index in [9.17, 15) is 4.79 Å². The van der Waals surface area contributed by atoms with Gasteiger partial charge in [-0.2, -0.15) is 0 Å². The number of fused-ring (bicyclic) bond motifs is 1. The summed E-state index contributed by atoms with van der Waals surface area (Å²) in [4.78, 5) is 16.7. The van der Waals surface area contributed by atoms with E-state index in [1.165, 1.54) is 0 Å². The number of benzene rings is 2. The van der Waals surface area contributed by atoms with Gasteiger partial charge in [0.15, 0.2) is 0 Å². The highest BCUT2D eigenvalue weighted by molar-refractivity contribution is 6.01. The van der Waals surface area contributed by atoms with E-state index < -0.39 is 0 Å². The minimum absolute atomic E-state index is 0.0566. The number of anilines is 1. The zero-order valence-corrected chi connectivity index (χ0v) is 13.8. The lowest BCUT2D eigenvalue weighted by Crippen LogP contribution is -2.45. The molecule has 4 heteroatoms. The van der Waals surface area contributed by atoms with Gasteiger partial charge >= 0.3 is 0 Å². The van der Waals surface area contributed by atoms with Crippen molar-refractivity contribution in [1.29, 1.82) is 0 Å². The second-order valence-electron chi connectivity index (χ2n) is 6.11. The molecule has 0 fully saturated rings. The van der Waals surface area contributed by atoms with Gasteiger partial charge in [0.05, 0.1) is 11.3 Å². The molecule has 0 saturated carbocycles. The van der Waals surface area contributed by atoms with Crippen LogP contribution in [0.3, 0.4) is 0 Å². The van der Waals surface area contributed by atoms with Crippen molar-refractivity contribution in [1.82, 2.24) is 9.47 Å². The molecule has 0 unspecified atom stereocenters. The number of para-hydroxylation sites is 2. The maximum absolute atomic E-state index is 12.7. The molecular formula is C20H19N3O. The van der Waals surface area contributed by atoms with Gasteiger partial charge in [-0.15, -0.1) is 0 Å². The summed E-state index contributed by atoms with van der Waals surface area (Å²) in [6, 6.07) is 20.0. The van der Waals surface area contributed by atoms with Crippen LogP contribution in [0, 0.1) is 0 Å². The zero-order chi connectivity index (χ0) is 16.7. The van der Waals surface area contributed by atoms with Crippen LogP contribution in [0.15, 0.2) is 73.1 Å². The molecule has 0 spiro atoms. The lowest BCUT2D eigenvalue weighted by atomic mass is 10.0. The molecule has 1 atom stereocenters. The third-order valence-electron chi connectivity index (χ3n) is 4.64. The van der Waals surface area contributed by atoms with Crippen LogP contribution in [0.5, 0.6) is 0 Å². The second-order valence-corrected chi connectivity index (χ2v) is 6.11. The summed E-state index contributed by atoms with van der Waals surface area (Å²) in [6.45, 7) is 0. The first-order valence-corrected chi connectivity index (χ1v) is 7.99. The quantitative estimate of drug-likeness (QED) is 0.721. The summed E-state index contributed by atoms with van der Waals surface area (Å²) in [5, 5.41) is 0. The van der Waals surface area contributed by atoms with Crippen LogP contribution in [0.1, 0.15) is 22.1 Å². The topological polar surface area (TPSA) is 28.5 Å². The Morgan fingerprint density at radius 1 is 0.833 bits per heavy atom. The maximum Gasteiger partial charge on any atom is 0.257 e. The molecule has 1 aliphatic rings. The number of hydrogen-bond acceptors (Lipinski definition) is 2. The summed E-state index contributed by atoms with van der Waals surface area (Å²) >= 11 is 0. The molecule has 2 heterocycles. The molecule has 1 aromatic heterocycles. The fourth-order valence-electron chi connectivity index (χ4n) is 3.43. The summed E-state index contributed by atoms with van der Waals surface area (Å²) in [6.07, 6.45) is 4.02. The van der Waals surface area contributed by atoms with Gasteiger partial charge in [0.1, 0.15) is 6.17 Å². The lowest BCUT2D eigenvalue weighted by Gasteiger charge is -2.41. The minimum Gasteiger partial charge on any atom is -0.350 e. The van der Waals surface area contributed by atoms with Crippen molar-refractivity contribution in [3.05, 3.63) is 84.2 Å². The Morgan fingerprint density at radius 2 is 1.54 bits per heavy atom. The Bertz CT molecular complexity index is 885. The molecule has 0 aliphatic carbocycles. The van der Waals surface area contributed by atoms with Crippen LogP contribution >= 0.6 is 0 Å². The highest BCUT2D eigenvalue weighted by Crippen LogP contribution is 2.36. The van der Waals surface area contributed by atoms with Crippen LogP contribution in [-0.2, 0) is 0 Å². The highest BCUT2D eigenvalue weighted by atomic mass is 16.2. The molecule has 1 aliphatic heterocycles. The minimum atomic E-state index is -0.114. The number of aromatic nitrogens is 1. The Hall–Kier alpha value is -3.01. The van der Waals surface area contributed by atoms with E-state index in [1.807, 2.05) is 62.8 Å². The third-order valence-corrected chi connectivity index (χ3v) is 4.64. The van der Waals surface area contributed by atoms with Gasteiger partial charge in [-0.25, -0.2) is 0 Å². The molecule has 4 nitrogen and oxygen atoms in total. The van der Waals surface area contributed by atoms with E-state index >= 15 is 0 Å². The van der Waals surface area contributed by atoms with E-state index in [4.69, 9.17) is 0 Å². The number of carbonyl (C=O) groups excluding carboxylic acids is 1. The largest absolute Gasteiger partial charge is 0.350 e. The molecule has 3 aromatic rings. The van der Waals surface area contributed by atoms with Crippen molar-refractivity contribution in [2.24, 2.45) is 0 Å². The number of carbonyl (C=O) groups is 1. The normalized spacial score (nSPS) is 17.1. The van der Waals surface area contributed by atoms with Crippen LogP contribution < -0.4 is 4.90 Å². The fraction of sp³-hybridized carbons (Fsp3) is 0.150. The van der Waals surface area contributed by atoms with Gasteiger partial charge in [-0.05, 0) is 30.3 Å². The lowest BCUT2D eigenvalue weighted by molar-refractivity contribution is 0.0711. The summed E-state index contributed by atoms with van der Waals surface area (Å²) in [5.74, 6) is 0.0566. The summed E-state index contributed by atoms with van der Waals surface area (Å²) in [7, 11) is 3.89. The molecule has 0 radical (unpaired) electrons. The van der Waals surface area contributed by atoms with Crippen LogP contribution in [-0.4, -0.2) is 29.5 Å². The van der Waals surface area contributed by atoms with Crippen LogP contribution in [0.2, 0.25) is 0 Å². The maximum atomic E-state index is 12.7. The van der Waals surface area contributed by atoms with Crippen molar-refractivity contribution in [3.63, 3.8) is 0 Å². The molecule has 4 rings (SSSR count). The van der Waals surface area contributed by atoms with E-state index in [2.05, 4.69) is 33.9 Å². The molecular weight excluding hydrogens is 298 g/mol. The van der Waals surface area contributed by atoms with Gasteiger partial charge in [0.2, 0.25) is 0 Å². The zero-order valence-electron chi connectivity index (χ0n) is 13.8. The van der Waals surface area contributed by atoms with Crippen LogP contribution in [0.25, 0.3) is 5.69 Å².